The first-order valence-electron chi connectivity index (χ1n) is 12.6. The van der Waals surface area contributed by atoms with E-state index in [4.69, 9.17) is 19.8 Å². The minimum atomic E-state index is -0.837. The maximum atomic E-state index is 13.5. The summed E-state index contributed by atoms with van der Waals surface area (Å²) in [5.41, 5.74) is 4.99. The number of aliphatic carboxylic acids is 1. The number of halogens is 1. The van der Waals surface area contributed by atoms with Crippen LogP contribution in [0.1, 0.15) is 46.8 Å². The average molecular weight is 514 g/mol. The van der Waals surface area contributed by atoms with Crippen LogP contribution in [0.2, 0.25) is 0 Å². The third-order valence-electron chi connectivity index (χ3n) is 6.89. The number of carboxylic acids is 1. The van der Waals surface area contributed by atoms with Gasteiger partial charge in [0.1, 0.15) is 11.6 Å². The first-order valence-corrected chi connectivity index (χ1v) is 12.6. The van der Waals surface area contributed by atoms with Gasteiger partial charge in [0.25, 0.3) is 5.91 Å². The van der Waals surface area contributed by atoms with Crippen LogP contribution in [0.25, 0.3) is 22.3 Å². The number of carbonyl (C=O) groups excluding carboxylic acids is 1. The van der Waals surface area contributed by atoms with Gasteiger partial charge in [0.2, 0.25) is 0 Å². The number of fused-ring (bicyclic) bond motifs is 1. The Bertz CT molecular complexity index is 1480. The predicted molar refractivity (Wildman–Crippen MR) is 142 cm³/mol. The van der Waals surface area contributed by atoms with Crippen molar-refractivity contribution in [3.8, 4) is 17.0 Å². The maximum Gasteiger partial charge on any atom is 0.303 e. The second-order valence-corrected chi connectivity index (χ2v) is 9.51. The van der Waals surface area contributed by atoms with Crippen molar-refractivity contribution in [1.82, 2.24) is 14.9 Å². The number of hydrogen-bond donors (Lipinski definition) is 1. The van der Waals surface area contributed by atoms with E-state index in [1.807, 2.05) is 23.1 Å². The first kappa shape index (κ1) is 25.3. The molecule has 0 saturated carbocycles. The van der Waals surface area contributed by atoms with Crippen LogP contribution in [0.4, 0.5) is 4.39 Å². The Kier molecular flexibility index (Phi) is 7.31. The summed E-state index contributed by atoms with van der Waals surface area (Å²) in [5, 5.41) is 8.96. The molecule has 0 bridgehead atoms. The van der Waals surface area contributed by atoms with Crippen LogP contribution in [0, 0.1) is 5.82 Å². The van der Waals surface area contributed by atoms with Crippen LogP contribution in [0.3, 0.4) is 0 Å². The predicted octanol–water partition coefficient (Wildman–Crippen LogP) is 5.48. The molecule has 1 aromatic heterocycles. The summed E-state index contributed by atoms with van der Waals surface area (Å²) in [7, 11) is 1.64. The summed E-state index contributed by atoms with van der Waals surface area (Å²) in [6.07, 6.45) is 1.74. The van der Waals surface area contributed by atoms with Crippen molar-refractivity contribution >= 4 is 22.9 Å². The fourth-order valence-corrected chi connectivity index (χ4v) is 4.74. The summed E-state index contributed by atoms with van der Waals surface area (Å²) in [6, 6.07) is 19.3. The third-order valence-corrected chi connectivity index (χ3v) is 6.89. The molecule has 194 valence electrons. The van der Waals surface area contributed by atoms with Gasteiger partial charge in [0.05, 0.1) is 29.5 Å². The molecule has 7 nitrogen and oxygen atoms in total. The van der Waals surface area contributed by atoms with E-state index in [0.717, 1.165) is 16.9 Å². The van der Waals surface area contributed by atoms with Crippen LogP contribution < -0.4 is 4.74 Å². The lowest BCUT2D eigenvalue weighted by atomic mass is 9.90. The van der Waals surface area contributed by atoms with E-state index in [1.165, 1.54) is 12.1 Å². The molecule has 2 heterocycles. The molecule has 3 aromatic carbocycles. The minimum absolute atomic E-state index is 0.0570. The Morgan fingerprint density at radius 2 is 1.79 bits per heavy atom. The Morgan fingerprint density at radius 1 is 1.00 bits per heavy atom. The smallest absolute Gasteiger partial charge is 0.303 e. The molecule has 0 aliphatic carbocycles. The van der Waals surface area contributed by atoms with Gasteiger partial charge in [-0.2, -0.15) is 0 Å². The molecular weight excluding hydrogens is 485 g/mol. The number of amides is 1. The lowest BCUT2D eigenvalue weighted by molar-refractivity contribution is -0.137. The molecule has 1 amide bonds. The molecule has 38 heavy (non-hydrogen) atoms. The Balaban J connectivity index is 1.37. The molecule has 0 spiro atoms. The Hall–Kier alpha value is -4.33. The van der Waals surface area contributed by atoms with Crippen LogP contribution in [-0.2, 0) is 11.2 Å². The monoisotopic (exact) mass is 513 g/mol. The zero-order valence-corrected chi connectivity index (χ0v) is 21.1. The number of methoxy groups -OCH3 is 1. The Morgan fingerprint density at radius 3 is 2.53 bits per heavy atom. The quantitative estimate of drug-likeness (QED) is 0.298. The van der Waals surface area contributed by atoms with Crippen molar-refractivity contribution in [2.75, 3.05) is 20.2 Å². The van der Waals surface area contributed by atoms with E-state index in [9.17, 15) is 14.0 Å². The van der Waals surface area contributed by atoms with E-state index in [1.54, 1.807) is 37.4 Å². The highest BCUT2D eigenvalue weighted by molar-refractivity contribution is 5.98. The SMILES string of the molecule is COc1cccc(C2CN(C(=O)c3ccc4nc(-c5ccc(F)cc5)c(CCCCC(=O)O)nc4c3)C2)c1. The molecule has 0 atom stereocenters. The van der Waals surface area contributed by atoms with Gasteiger partial charge in [0, 0.05) is 36.6 Å². The van der Waals surface area contributed by atoms with Crippen LogP contribution in [-0.4, -0.2) is 52.1 Å². The van der Waals surface area contributed by atoms with Gasteiger partial charge in [0.15, 0.2) is 0 Å². The highest BCUT2D eigenvalue weighted by Gasteiger charge is 2.32. The topological polar surface area (TPSA) is 92.6 Å². The van der Waals surface area contributed by atoms with Gasteiger partial charge >= 0.3 is 5.97 Å². The molecule has 8 heteroatoms. The number of unbranched alkanes of at least 4 members (excludes halogenated alkanes) is 1. The van der Waals surface area contributed by atoms with Gasteiger partial charge in [-0.25, -0.2) is 14.4 Å². The van der Waals surface area contributed by atoms with E-state index in [2.05, 4.69) is 6.07 Å². The molecule has 1 fully saturated rings. The van der Waals surface area contributed by atoms with Gasteiger partial charge in [-0.05, 0) is 79.4 Å². The van der Waals surface area contributed by atoms with Gasteiger partial charge in [-0.1, -0.05) is 12.1 Å². The highest BCUT2D eigenvalue weighted by atomic mass is 19.1. The van der Waals surface area contributed by atoms with E-state index in [0.29, 0.717) is 60.3 Å². The molecule has 1 saturated heterocycles. The number of aromatic nitrogens is 2. The van der Waals surface area contributed by atoms with Gasteiger partial charge < -0.3 is 14.7 Å². The molecule has 4 aromatic rings. The molecule has 0 radical (unpaired) electrons. The van der Waals surface area contributed by atoms with Crippen LogP contribution in [0.5, 0.6) is 5.75 Å². The molecule has 1 aliphatic rings. The number of nitrogens with zero attached hydrogens (tertiary/aromatic N) is 3. The number of ether oxygens (including phenoxy) is 1. The largest absolute Gasteiger partial charge is 0.497 e. The highest BCUT2D eigenvalue weighted by Crippen LogP contribution is 2.31. The standard InChI is InChI=1S/C30H28FN3O4/c1-38-24-6-4-5-20(15-24)22-17-34(18-22)30(37)21-11-14-25-27(16-21)32-26(7-2-3-8-28(35)36)29(33-25)19-9-12-23(31)13-10-19/h4-6,9-16,22H,2-3,7-8,17-18H2,1H3,(H,35,36). The summed E-state index contributed by atoms with van der Waals surface area (Å²) < 4.78 is 18.8. The van der Waals surface area contributed by atoms with Gasteiger partial charge in [-0.3, -0.25) is 9.59 Å². The van der Waals surface area contributed by atoms with Crippen molar-refractivity contribution < 1.29 is 23.8 Å². The molecule has 1 N–H and O–H groups in total. The number of likely N-dealkylation sites (tertiary alicyclic amines) is 1. The summed E-state index contributed by atoms with van der Waals surface area (Å²) in [6.45, 7) is 1.27. The Labute approximate surface area is 219 Å². The third kappa shape index (κ3) is 5.49. The zero-order valence-electron chi connectivity index (χ0n) is 21.1. The van der Waals surface area contributed by atoms with Crippen molar-refractivity contribution in [3.63, 3.8) is 0 Å². The lowest BCUT2D eigenvalue weighted by Gasteiger charge is -2.39. The zero-order chi connectivity index (χ0) is 26.6. The lowest BCUT2D eigenvalue weighted by Crippen LogP contribution is -2.48. The number of carbonyl (C=O) groups is 2. The average Bonchev–Trinajstić information content (AvgIpc) is 2.90. The van der Waals surface area contributed by atoms with Crippen molar-refractivity contribution in [2.24, 2.45) is 0 Å². The number of rotatable bonds is 9. The fourth-order valence-electron chi connectivity index (χ4n) is 4.74. The summed E-state index contributed by atoms with van der Waals surface area (Å²) >= 11 is 0. The van der Waals surface area contributed by atoms with Crippen LogP contribution >= 0.6 is 0 Å². The van der Waals surface area contributed by atoms with E-state index < -0.39 is 5.97 Å². The van der Waals surface area contributed by atoms with E-state index in [-0.39, 0.29) is 24.1 Å². The van der Waals surface area contributed by atoms with Crippen molar-refractivity contribution in [3.05, 3.63) is 89.4 Å². The normalized spacial score (nSPS) is 13.4. The number of benzene rings is 3. The second kappa shape index (κ2) is 11.0. The first-order chi connectivity index (χ1) is 18.4. The summed E-state index contributed by atoms with van der Waals surface area (Å²) in [5.74, 6) is -0.160. The second-order valence-electron chi connectivity index (χ2n) is 9.51. The van der Waals surface area contributed by atoms with Crippen molar-refractivity contribution in [2.45, 2.75) is 31.6 Å². The fraction of sp³-hybridized carbons (Fsp3) is 0.267. The number of carboxylic acid groups (broad SMARTS) is 1. The number of hydrogen-bond acceptors (Lipinski definition) is 5. The molecule has 0 unspecified atom stereocenters. The van der Waals surface area contributed by atoms with Crippen LogP contribution in [0.15, 0.2) is 66.7 Å². The van der Waals surface area contributed by atoms with Crippen molar-refractivity contribution in [1.29, 1.82) is 0 Å². The molecular formula is C30H28FN3O4. The maximum absolute atomic E-state index is 13.5. The van der Waals surface area contributed by atoms with Gasteiger partial charge in [-0.15, -0.1) is 0 Å². The number of aryl methyl sites for hydroxylation is 1. The molecule has 5 rings (SSSR count). The molecule has 1 aliphatic heterocycles. The minimum Gasteiger partial charge on any atom is -0.497 e. The van der Waals surface area contributed by atoms with E-state index >= 15 is 0 Å². The summed E-state index contributed by atoms with van der Waals surface area (Å²) in [4.78, 5) is 35.6.